The van der Waals surface area contributed by atoms with Gasteiger partial charge in [-0.1, -0.05) is 0 Å². The SMILES string of the molecule is N#Cc1ccc(CNCC(=O)N2CCCCC2)o1. The molecule has 0 bridgehead atoms. The van der Waals surface area contributed by atoms with E-state index in [0.717, 1.165) is 25.9 Å². The number of rotatable bonds is 4. The molecule has 96 valence electrons. The first-order valence-electron chi connectivity index (χ1n) is 6.27. The van der Waals surface area contributed by atoms with Crippen molar-refractivity contribution in [3.63, 3.8) is 0 Å². The van der Waals surface area contributed by atoms with E-state index in [0.29, 0.717) is 24.6 Å². The third kappa shape index (κ3) is 3.34. The number of carbonyl (C=O) groups excluding carboxylic acids is 1. The van der Waals surface area contributed by atoms with Gasteiger partial charge in [0.25, 0.3) is 0 Å². The number of amides is 1. The van der Waals surface area contributed by atoms with Crippen molar-refractivity contribution in [1.29, 1.82) is 5.26 Å². The van der Waals surface area contributed by atoms with E-state index in [1.54, 1.807) is 12.1 Å². The maximum Gasteiger partial charge on any atom is 0.236 e. The van der Waals surface area contributed by atoms with Crippen molar-refractivity contribution in [3.05, 3.63) is 23.7 Å². The predicted octanol–water partition coefficient (Wildman–Crippen LogP) is 1.25. The number of carbonyl (C=O) groups is 1. The van der Waals surface area contributed by atoms with E-state index in [2.05, 4.69) is 5.32 Å². The van der Waals surface area contributed by atoms with Crippen LogP contribution in [0.4, 0.5) is 0 Å². The first kappa shape index (κ1) is 12.7. The van der Waals surface area contributed by atoms with E-state index in [9.17, 15) is 4.79 Å². The van der Waals surface area contributed by atoms with Crippen molar-refractivity contribution in [1.82, 2.24) is 10.2 Å². The molecule has 1 amide bonds. The third-order valence-corrected chi connectivity index (χ3v) is 3.06. The van der Waals surface area contributed by atoms with Crippen molar-refractivity contribution < 1.29 is 9.21 Å². The smallest absolute Gasteiger partial charge is 0.236 e. The lowest BCUT2D eigenvalue weighted by Gasteiger charge is -2.26. The first-order chi connectivity index (χ1) is 8.79. The van der Waals surface area contributed by atoms with Gasteiger partial charge in [-0.3, -0.25) is 4.79 Å². The van der Waals surface area contributed by atoms with Gasteiger partial charge in [0, 0.05) is 13.1 Å². The van der Waals surface area contributed by atoms with Crippen molar-refractivity contribution in [2.45, 2.75) is 25.8 Å². The third-order valence-electron chi connectivity index (χ3n) is 3.06. The number of nitriles is 1. The van der Waals surface area contributed by atoms with Crippen LogP contribution in [0, 0.1) is 11.3 Å². The molecule has 5 heteroatoms. The van der Waals surface area contributed by atoms with Gasteiger partial charge in [0.15, 0.2) is 0 Å². The fraction of sp³-hybridized carbons (Fsp3) is 0.538. The molecule has 1 aromatic heterocycles. The number of nitrogens with zero attached hydrogens (tertiary/aromatic N) is 2. The molecule has 1 aliphatic heterocycles. The van der Waals surface area contributed by atoms with Gasteiger partial charge in [0.2, 0.25) is 11.7 Å². The molecule has 1 saturated heterocycles. The largest absolute Gasteiger partial charge is 0.449 e. The maximum absolute atomic E-state index is 11.8. The molecule has 0 saturated carbocycles. The van der Waals surface area contributed by atoms with Crippen LogP contribution < -0.4 is 5.32 Å². The monoisotopic (exact) mass is 247 g/mol. The van der Waals surface area contributed by atoms with Gasteiger partial charge in [-0.2, -0.15) is 5.26 Å². The number of hydrogen-bond donors (Lipinski definition) is 1. The van der Waals surface area contributed by atoms with E-state index in [-0.39, 0.29) is 5.91 Å². The van der Waals surface area contributed by atoms with Gasteiger partial charge in [-0.05, 0) is 31.4 Å². The van der Waals surface area contributed by atoms with Gasteiger partial charge in [-0.15, -0.1) is 0 Å². The molecule has 18 heavy (non-hydrogen) atoms. The fourth-order valence-electron chi connectivity index (χ4n) is 2.08. The highest BCUT2D eigenvalue weighted by Crippen LogP contribution is 2.09. The Bertz CT molecular complexity index is 441. The average Bonchev–Trinajstić information content (AvgIpc) is 2.87. The summed E-state index contributed by atoms with van der Waals surface area (Å²) in [5, 5.41) is 11.7. The van der Waals surface area contributed by atoms with Crippen LogP contribution in [0.15, 0.2) is 16.5 Å². The Balaban J connectivity index is 1.71. The number of nitrogens with one attached hydrogen (secondary N) is 1. The van der Waals surface area contributed by atoms with Crippen molar-refractivity contribution in [2.75, 3.05) is 19.6 Å². The molecule has 0 aliphatic carbocycles. The summed E-state index contributed by atoms with van der Waals surface area (Å²) in [7, 11) is 0. The van der Waals surface area contributed by atoms with Crippen LogP contribution >= 0.6 is 0 Å². The van der Waals surface area contributed by atoms with Crippen LogP contribution in [0.5, 0.6) is 0 Å². The van der Waals surface area contributed by atoms with Gasteiger partial charge in [0.1, 0.15) is 11.8 Å². The molecule has 0 atom stereocenters. The lowest BCUT2D eigenvalue weighted by atomic mass is 10.1. The second kappa shape index (κ2) is 6.22. The minimum atomic E-state index is 0.141. The van der Waals surface area contributed by atoms with Crippen LogP contribution in [-0.2, 0) is 11.3 Å². The van der Waals surface area contributed by atoms with Gasteiger partial charge < -0.3 is 14.6 Å². The highest BCUT2D eigenvalue weighted by atomic mass is 16.3. The molecule has 0 spiro atoms. The van der Waals surface area contributed by atoms with Crippen LogP contribution in [0.2, 0.25) is 0 Å². The van der Waals surface area contributed by atoms with E-state index in [1.165, 1.54) is 6.42 Å². The highest BCUT2D eigenvalue weighted by molar-refractivity contribution is 5.78. The lowest BCUT2D eigenvalue weighted by Crippen LogP contribution is -2.40. The van der Waals surface area contributed by atoms with Crippen LogP contribution in [-0.4, -0.2) is 30.4 Å². The van der Waals surface area contributed by atoms with E-state index in [1.807, 2.05) is 11.0 Å². The molecule has 0 radical (unpaired) electrons. The molecule has 1 N–H and O–H groups in total. The zero-order valence-corrected chi connectivity index (χ0v) is 10.3. The first-order valence-corrected chi connectivity index (χ1v) is 6.27. The summed E-state index contributed by atoms with van der Waals surface area (Å²) in [6.07, 6.45) is 3.44. The molecule has 2 rings (SSSR count). The van der Waals surface area contributed by atoms with E-state index in [4.69, 9.17) is 9.68 Å². The number of furan rings is 1. The minimum Gasteiger partial charge on any atom is -0.449 e. The molecular weight excluding hydrogens is 230 g/mol. The molecular formula is C13H17N3O2. The summed E-state index contributed by atoms with van der Waals surface area (Å²) in [6, 6.07) is 5.30. The second-order valence-corrected chi connectivity index (χ2v) is 4.42. The normalized spacial score (nSPS) is 15.4. The number of piperidine rings is 1. The van der Waals surface area contributed by atoms with Gasteiger partial charge >= 0.3 is 0 Å². The van der Waals surface area contributed by atoms with Gasteiger partial charge in [0.05, 0.1) is 13.1 Å². The quantitative estimate of drug-likeness (QED) is 0.869. The summed E-state index contributed by atoms with van der Waals surface area (Å²) in [5.74, 6) is 1.12. The summed E-state index contributed by atoms with van der Waals surface area (Å²) in [4.78, 5) is 13.7. The number of likely N-dealkylation sites (tertiary alicyclic amines) is 1. The van der Waals surface area contributed by atoms with Crippen LogP contribution in [0.3, 0.4) is 0 Å². The summed E-state index contributed by atoms with van der Waals surface area (Å²) < 4.78 is 5.21. The summed E-state index contributed by atoms with van der Waals surface area (Å²) >= 11 is 0. The average molecular weight is 247 g/mol. The van der Waals surface area contributed by atoms with Crippen molar-refractivity contribution >= 4 is 5.91 Å². The van der Waals surface area contributed by atoms with Crippen molar-refractivity contribution in [3.8, 4) is 6.07 Å². The van der Waals surface area contributed by atoms with Crippen molar-refractivity contribution in [2.24, 2.45) is 0 Å². The molecule has 1 aliphatic rings. The molecule has 1 aromatic rings. The van der Waals surface area contributed by atoms with E-state index < -0.39 is 0 Å². The standard InChI is InChI=1S/C13H17N3O2/c14-8-11-4-5-12(18-11)9-15-10-13(17)16-6-2-1-3-7-16/h4-5,15H,1-3,6-7,9-10H2. The Labute approximate surface area is 106 Å². The number of hydrogen-bond acceptors (Lipinski definition) is 4. The topological polar surface area (TPSA) is 69.3 Å². The Kier molecular flexibility index (Phi) is 4.37. The molecule has 1 fully saturated rings. The van der Waals surface area contributed by atoms with Gasteiger partial charge in [-0.25, -0.2) is 0 Å². The minimum absolute atomic E-state index is 0.141. The zero-order valence-electron chi connectivity index (χ0n) is 10.3. The Hall–Kier alpha value is -1.80. The molecule has 0 unspecified atom stereocenters. The Morgan fingerprint density at radius 3 is 2.83 bits per heavy atom. The fourth-order valence-corrected chi connectivity index (χ4v) is 2.08. The summed E-state index contributed by atoms with van der Waals surface area (Å²) in [6.45, 7) is 2.55. The molecule has 2 heterocycles. The van der Waals surface area contributed by atoms with E-state index >= 15 is 0 Å². The van der Waals surface area contributed by atoms with Crippen LogP contribution in [0.25, 0.3) is 0 Å². The Morgan fingerprint density at radius 2 is 2.17 bits per heavy atom. The predicted molar refractivity (Wildman–Crippen MR) is 65.6 cm³/mol. The highest BCUT2D eigenvalue weighted by Gasteiger charge is 2.15. The lowest BCUT2D eigenvalue weighted by molar-refractivity contribution is -0.131. The van der Waals surface area contributed by atoms with Crippen LogP contribution in [0.1, 0.15) is 30.8 Å². The maximum atomic E-state index is 11.8. The Morgan fingerprint density at radius 1 is 1.39 bits per heavy atom. The summed E-state index contributed by atoms with van der Waals surface area (Å²) in [5.41, 5.74) is 0. The molecule has 5 nitrogen and oxygen atoms in total. The second-order valence-electron chi connectivity index (χ2n) is 4.42. The zero-order chi connectivity index (χ0) is 12.8. The molecule has 0 aromatic carbocycles.